The summed E-state index contributed by atoms with van der Waals surface area (Å²) in [6.45, 7) is 5.98. The Bertz CT molecular complexity index is 565. The average molecular weight is 384 g/mol. The van der Waals surface area contributed by atoms with Crippen molar-refractivity contribution >= 4 is 34.3 Å². The zero-order valence-corrected chi connectivity index (χ0v) is 13.6. The van der Waals surface area contributed by atoms with Gasteiger partial charge in [0.15, 0.2) is 11.2 Å². The highest BCUT2D eigenvalue weighted by Gasteiger charge is 2.52. The van der Waals surface area contributed by atoms with Crippen LogP contribution in [0, 0.1) is 8.99 Å². The Morgan fingerprint density at radius 3 is 2.65 bits per heavy atom. The van der Waals surface area contributed by atoms with Gasteiger partial charge in [-0.3, -0.25) is 9.59 Å². The molecule has 1 aromatic rings. The van der Waals surface area contributed by atoms with E-state index in [1.807, 2.05) is 18.2 Å². The van der Waals surface area contributed by atoms with Crippen molar-refractivity contribution in [1.29, 1.82) is 0 Å². The molecular weight excluding hydrogens is 367 g/mol. The van der Waals surface area contributed by atoms with Crippen LogP contribution >= 0.6 is 22.6 Å². The van der Waals surface area contributed by atoms with Crippen LogP contribution < -0.4 is 0 Å². The van der Waals surface area contributed by atoms with E-state index in [2.05, 4.69) is 29.2 Å². The Balaban J connectivity index is 2.48. The third-order valence-corrected chi connectivity index (χ3v) is 4.70. The first kappa shape index (κ1) is 15.2. The molecule has 1 saturated carbocycles. The summed E-state index contributed by atoms with van der Waals surface area (Å²) in [4.78, 5) is 25.3. The Morgan fingerprint density at radius 2 is 2.10 bits per heavy atom. The Labute approximate surface area is 132 Å². The summed E-state index contributed by atoms with van der Waals surface area (Å²) in [6.07, 6.45) is 2.00. The van der Waals surface area contributed by atoms with E-state index in [-0.39, 0.29) is 12.4 Å². The second-order valence-electron chi connectivity index (χ2n) is 4.89. The number of hydrogen-bond donors (Lipinski definition) is 0. The van der Waals surface area contributed by atoms with Crippen LogP contribution in [-0.4, -0.2) is 18.4 Å². The molecule has 20 heavy (non-hydrogen) atoms. The fraction of sp³-hybridized carbons (Fsp3) is 0.375. The second-order valence-corrected chi connectivity index (χ2v) is 6.05. The molecule has 0 aliphatic heterocycles. The van der Waals surface area contributed by atoms with E-state index < -0.39 is 11.4 Å². The molecule has 3 nitrogen and oxygen atoms in total. The molecular formula is C16H17IO3. The second kappa shape index (κ2) is 6.08. The van der Waals surface area contributed by atoms with Gasteiger partial charge in [0.05, 0.1) is 6.61 Å². The molecule has 106 valence electrons. The van der Waals surface area contributed by atoms with Gasteiger partial charge in [-0.25, -0.2) is 0 Å². The van der Waals surface area contributed by atoms with E-state index in [1.165, 1.54) is 0 Å². The molecule has 1 aromatic carbocycles. The first-order valence-corrected chi connectivity index (χ1v) is 7.76. The molecule has 0 amide bonds. The summed E-state index contributed by atoms with van der Waals surface area (Å²) < 4.78 is 6.00. The number of carbonyl (C=O) groups is 2. The minimum absolute atomic E-state index is 0.177. The van der Waals surface area contributed by atoms with Crippen molar-refractivity contribution in [3.8, 4) is 0 Å². The quantitative estimate of drug-likeness (QED) is 0.261. The lowest BCUT2D eigenvalue weighted by atomic mass is 9.76. The third-order valence-electron chi connectivity index (χ3n) is 3.76. The maximum atomic E-state index is 12.9. The number of rotatable bonds is 4. The van der Waals surface area contributed by atoms with E-state index in [9.17, 15) is 9.59 Å². The lowest BCUT2D eigenvalue weighted by molar-refractivity contribution is -0.150. The van der Waals surface area contributed by atoms with E-state index >= 15 is 0 Å². The van der Waals surface area contributed by atoms with Gasteiger partial charge in [-0.2, -0.15) is 0 Å². The number of ketones is 1. The molecule has 0 radical (unpaired) electrons. The monoisotopic (exact) mass is 384 g/mol. The number of carbonyl (C=O) groups excluding carboxylic acids is 2. The molecule has 0 N–H and O–H groups in total. The van der Waals surface area contributed by atoms with Crippen molar-refractivity contribution in [3.63, 3.8) is 0 Å². The number of hydrogen-bond acceptors (Lipinski definition) is 3. The van der Waals surface area contributed by atoms with Crippen LogP contribution in [0.3, 0.4) is 0 Å². The van der Waals surface area contributed by atoms with Crippen LogP contribution in [0.25, 0.3) is 0 Å². The lowest BCUT2D eigenvalue weighted by Gasteiger charge is -2.27. The van der Waals surface area contributed by atoms with Gasteiger partial charge in [0.2, 0.25) is 0 Å². The summed E-state index contributed by atoms with van der Waals surface area (Å²) in [5.74, 6) is -0.629. The van der Waals surface area contributed by atoms with Crippen LogP contribution in [0.2, 0.25) is 0 Å². The molecule has 1 fully saturated rings. The van der Waals surface area contributed by atoms with E-state index in [1.54, 1.807) is 13.0 Å². The van der Waals surface area contributed by atoms with Crippen molar-refractivity contribution in [2.24, 2.45) is 5.41 Å². The molecule has 1 atom stereocenters. The molecule has 0 aromatic heterocycles. The summed E-state index contributed by atoms with van der Waals surface area (Å²) in [6, 6.07) is 7.31. The van der Waals surface area contributed by atoms with Crippen molar-refractivity contribution < 1.29 is 14.3 Å². The Kier molecular flexibility index (Phi) is 4.62. The van der Waals surface area contributed by atoms with Crippen LogP contribution in [0.1, 0.15) is 36.5 Å². The fourth-order valence-corrected chi connectivity index (χ4v) is 3.33. The van der Waals surface area contributed by atoms with Crippen LogP contribution in [0.4, 0.5) is 0 Å². The normalized spacial score (nSPS) is 21.8. The predicted octanol–water partition coefficient (Wildman–Crippen LogP) is 3.76. The van der Waals surface area contributed by atoms with Gasteiger partial charge in [-0.05, 0) is 54.8 Å². The fourth-order valence-electron chi connectivity index (χ4n) is 2.70. The van der Waals surface area contributed by atoms with Gasteiger partial charge < -0.3 is 4.74 Å². The predicted molar refractivity (Wildman–Crippen MR) is 85.5 cm³/mol. The first-order valence-electron chi connectivity index (χ1n) is 6.69. The van der Waals surface area contributed by atoms with Crippen molar-refractivity contribution in [2.75, 3.05) is 6.61 Å². The topological polar surface area (TPSA) is 43.4 Å². The van der Waals surface area contributed by atoms with Crippen molar-refractivity contribution in [1.82, 2.24) is 0 Å². The van der Waals surface area contributed by atoms with Gasteiger partial charge in [0.25, 0.3) is 0 Å². The van der Waals surface area contributed by atoms with Crippen LogP contribution in [0.5, 0.6) is 0 Å². The van der Waals surface area contributed by atoms with Gasteiger partial charge in [-0.15, -0.1) is 0 Å². The molecule has 0 bridgehead atoms. The van der Waals surface area contributed by atoms with Gasteiger partial charge in [0, 0.05) is 9.13 Å². The van der Waals surface area contributed by atoms with E-state index in [0.29, 0.717) is 24.0 Å². The number of benzene rings is 1. The summed E-state index contributed by atoms with van der Waals surface area (Å²) >= 11 is 2.12. The van der Waals surface area contributed by atoms with E-state index in [4.69, 9.17) is 4.74 Å². The highest BCUT2D eigenvalue weighted by molar-refractivity contribution is 14.1. The maximum Gasteiger partial charge on any atom is 0.324 e. The van der Waals surface area contributed by atoms with Gasteiger partial charge in [-0.1, -0.05) is 30.4 Å². The summed E-state index contributed by atoms with van der Waals surface area (Å²) in [7, 11) is 0. The first-order chi connectivity index (χ1) is 9.54. The molecule has 0 unspecified atom stereocenters. The Hall–Kier alpha value is -1.17. The summed E-state index contributed by atoms with van der Waals surface area (Å²) in [5.41, 5.74) is 0.0712. The molecule has 4 heteroatoms. The third kappa shape index (κ3) is 2.41. The molecule has 1 aliphatic carbocycles. The minimum atomic E-state index is -1.18. The van der Waals surface area contributed by atoms with Crippen LogP contribution in [0.15, 0.2) is 36.4 Å². The minimum Gasteiger partial charge on any atom is -0.465 e. The SMILES string of the molecule is C=C1CCC[C@]1(C(=O)OCC)C(=O)c1ccccc1I. The number of halogens is 1. The van der Waals surface area contributed by atoms with Gasteiger partial charge >= 0.3 is 5.97 Å². The highest BCUT2D eigenvalue weighted by Crippen LogP contribution is 2.46. The Morgan fingerprint density at radius 1 is 1.40 bits per heavy atom. The average Bonchev–Trinajstić information content (AvgIpc) is 2.81. The zero-order valence-electron chi connectivity index (χ0n) is 11.4. The van der Waals surface area contributed by atoms with Crippen LogP contribution in [-0.2, 0) is 9.53 Å². The van der Waals surface area contributed by atoms with Gasteiger partial charge in [0.1, 0.15) is 0 Å². The molecule has 0 saturated heterocycles. The van der Waals surface area contributed by atoms with Crippen molar-refractivity contribution in [3.05, 3.63) is 45.6 Å². The highest BCUT2D eigenvalue weighted by atomic mass is 127. The smallest absolute Gasteiger partial charge is 0.324 e. The molecule has 0 heterocycles. The molecule has 1 aliphatic rings. The molecule has 2 rings (SSSR count). The zero-order chi connectivity index (χ0) is 14.8. The largest absolute Gasteiger partial charge is 0.465 e. The maximum absolute atomic E-state index is 12.9. The number of esters is 1. The molecule has 0 spiro atoms. The number of ether oxygens (including phenoxy) is 1. The lowest BCUT2D eigenvalue weighted by Crippen LogP contribution is -2.40. The van der Waals surface area contributed by atoms with E-state index in [0.717, 1.165) is 9.99 Å². The number of Topliss-reactive ketones (excluding diaryl/α,β-unsaturated/α-hetero) is 1. The summed E-state index contributed by atoms with van der Waals surface area (Å²) in [5, 5.41) is 0. The standard InChI is InChI=1S/C16H17IO3/c1-3-20-15(19)16(10-6-7-11(16)2)14(18)12-8-4-5-9-13(12)17/h4-5,8-9H,2-3,6-7,10H2,1H3/t16-/m1/s1. The van der Waals surface area contributed by atoms with Crippen molar-refractivity contribution in [2.45, 2.75) is 26.2 Å².